The van der Waals surface area contributed by atoms with E-state index >= 15 is 0 Å². The molecular formula is C14H18FNO2. The summed E-state index contributed by atoms with van der Waals surface area (Å²) in [6.45, 7) is 2.06. The van der Waals surface area contributed by atoms with Gasteiger partial charge in [-0.1, -0.05) is 19.8 Å². The zero-order valence-corrected chi connectivity index (χ0v) is 10.4. The van der Waals surface area contributed by atoms with Gasteiger partial charge in [-0.2, -0.15) is 0 Å². The number of carboxylic acids is 1. The summed E-state index contributed by atoms with van der Waals surface area (Å²) in [6, 6.07) is 3.97. The van der Waals surface area contributed by atoms with Gasteiger partial charge in [-0.05, 0) is 42.0 Å². The average molecular weight is 251 g/mol. The second-order valence-corrected chi connectivity index (χ2v) is 5.16. The van der Waals surface area contributed by atoms with Gasteiger partial charge in [-0.15, -0.1) is 0 Å². The van der Waals surface area contributed by atoms with E-state index in [1.807, 2.05) is 0 Å². The summed E-state index contributed by atoms with van der Waals surface area (Å²) in [5, 5.41) is 9.44. The van der Waals surface area contributed by atoms with Crippen molar-refractivity contribution in [2.45, 2.75) is 32.1 Å². The molecule has 2 rings (SSSR count). The van der Waals surface area contributed by atoms with E-state index in [0.29, 0.717) is 17.2 Å². The third-order valence-electron chi connectivity index (χ3n) is 4.01. The summed E-state index contributed by atoms with van der Waals surface area (Å²) < 4.78 is 13.3. The highest BCUT2D eigenvalue weighted by Gasteiger charge is 2.37. The van der Waals surface area contributed by atoms with E-state index in [2.05, 4.69) is 6.92 Å². The van der Waals surface area contributed by atoms with Crippen molar-refractivity contribution in [1.29, 1.82) is 0 Å². The summed E-state index contributed by atoms with van der Waals surface area (Å²) in [4.78, 5) is 11.5. The molecule has 0 bridgehead atoms. The number of benzene rings is 1. The first-order valence-electron chi connectivity index (χ1n) is 6.28. The van der Waals surface area contributed by atoms with E-state index in [4.69, 9.17) is 5.73 Å². The third kappa shape index (κ3) is 2.33. The number of carbonyl (C=O) groups is 1. The molecule has 98 valence electrons. The van der Waals surface area contributed by atoms with Crippen LogP contribution in [0.3, 0.4) is 0 Å². The van der Waals surface area contributed by atoms with Gasteiger partial charge in [0, 0.05) is 5.69 Å². The Labute approximate surface area is 106 Å². The van der Waals surface area contributed by atoms with Crippen molar-refractivity contribution in [3.8, 4) is 0 Å². The predicted octanol–water partition coefficient (Wildman–Crippen LogP) is 3.01. The van der Waals surface area contributed by atoms with Crippen LogP contribution in [0.5, 0.6) is 0 Å². The molecule has 3 atom stereocenters. The van der Waals surface area contributed by atoms with Crippen LogP contribution in [0.15, 0.2) is 18.2 Å². The van der Waals surface area contributed by atoms with Gasteiger partial charge in [0.05, 0.1) is 5.92 Å². The van der Waals surface area contributed by atoms with E-state index in [9.17, 15) is 14.3 Å². The van der Waals surface area contributed by atoms with E-state index in [1.54, 1.807) is 0 Å². The average Bonchev–Trinajstić information content (AvgIpc) is 2.70. The van der Waals surface area contributed by atoms with Crippen molar-refractivity contribution in [3.63, 3.8) is 0 Å². The molecule has 1 aliphatic carbocycles. The second kappa shape index (κ2) is 4.96. The molecule has 1 aliphatic rings. The Morgan fingerprint density at radius 1 is 1.50 bits per heavy atom. The Hall–Kier alpha value is -1.58. The summed E-state index contributed by atoms with van der Waals surface area (Å²) in [5.41, 5.74) is 6.59. The number of hydrogen-bond acceptors (Lipinski definition) is 2. The second-order valence-electron chi connectivity index (χ2n) is 5.16. The predicted molar refractivity (Wildman–Crippen MR) is 67.7 cm³/mol. The molecule has 0 saturated heterocycles. The fourth-order valence-electron chi connectivity index (χ4n) is 3.03. The van der Waals surface area contributed by atoms with Crippen molar-refractivity contribution in [2.75, 3.05) is 5.73 Å². The quantitative estimate of drug-likeness (QED) is 0.812. The van der Waals surface area contributed by atoms with E-state index in [0.717, 1.165) is 19.3 Å². The molecule has 1 saturated carbocycles. The molecule has 18 heavy (non-hydrogen) atoms. The van der Waals surface area contributed by atoms with Crippen molar-refractivity contribution in [1.82, 2.24) is 0 Å². The fourth-order valence-corrected chi connectivity index (χ4v) is 3.03. The Balaban J connectivity index is 2.41. The molecule has 0 radical (unpaired) electrons. The lowest BCUT2D eigenvalue weighted by Crippen LogP contribution is -2.24. The molecule has 0 heterocycles. The van der Waals surface area contributed by atoms with Gasteiger partial charge < -0.3 is 10.8 Å². The maximum absolute atomic E-state index is 13.3. The zero-order valence-electron chi connectivity index (χ0n) is 10.4. The van der Waals surface area contributed by atoms with Crippen LogP contribution in [-0.2, 0) is 4.79 Å². The highest BCUT2D eigenvalue weighted by Crippen LogP contribution is 2.43. The number of anilines is 1. The summed E-state index contributed by atoms with van der Waals surface area (Å²) in [6.07, 6.45) is 2.93. The van der Waals surface area contributed by atoms with Crippen molar-refractivity contribution in [3.05, 3.63) is 29.6 Å². The maximum atomic E-state index is 13.3. The maximum Gasteiger partial charge on any atom is 0.311 e. The molecule has 0 spiro atoms. The number of rotatable bonds is 3. The van der Waals surface area contributed by atoms with Crippen molar-refractivity contribution >= 4 is 11.7 Å². The number of carboxylic acid groups (broad SMARTS) is 1. The number of halogens is 1. The molecule has 3 nitrogen and oxygen atoms in total. The number of hydrogen-bond donors (Lipinski definition) is 2. The van der Waals surface area contributed by atoms with Crippen LogP contribution in [0.2, 0.25) is 0 Å². The molecule has 3 unspecified atom stereocenters. The molecule has 1 fully saturated rings. The van der Waals surface area contributed by atoms with Crippen LogP contribution >= 0.6 is 0 Å². The summed E-state index contributed by atoms with van der Waals surface area (Å²) >= 11 is 0. The smallest absolute Gasteiger partial charge is 0.311 e. The van der Waals surface area contributed by atoms with E-state index in [1.165, 1.54) is 18.2 Å². The first kappa shape index (κ1) is 12.9. The van der Waals surface area contributed by atoms with Gasteiger partial charge in [-0.25, -0.2) is 4.39 Å². The normalized spacial score (nSPS) is 25.0. The Bertz CT molecular complexity index is 461. The minimum absolute atomic E-state index is 0.0478. The van der Waals surface area contributed by atoms with Crippen LogP contribution in [0, 0.1) is 17.7 Å². The highest BCUT2D eigenvalue weighted by atomic mass is 19.1. The number of nitrogens with two attached hydrogens (primary N) is 1. The van der Waals surface area contributed by atoms with Crippen LogP contribution < -0.4 is 5.73 Å². The van der Waals surface area contributed by atoms with Gasteiger partial charge in [-0.3, -0.25) is 4.79 Å². The zero-order chi connectivity index (χ0) is 13.3. The summed E-state index contributed by atoms with van der Waals surface area (Å²) in [7, 11) is 0. The largest absolute Gasteiger partial charge is 0.481 e. The highest BCUT2D eigenvalue weighted by molar-refractivity contribution is 5.79. The fraction of sp³-hybridized carbons (Fsp3) is 0.500. The summed E-state index contributed by atoms with van der Waals surface area (Å²) in [5.74, 6) is -1.65. The molecule has 1 aromatic rings. The molecule has 0 aliphatic heterocycles. The van der Waals surface area contributed by atoms with Gasteiger partial charge in [0.1, 0.15) is 5.82 Å². The topological polar surface area (TPSA) is 63.3 Å². The first-order valence-corrected chi connectivity index (χ1v) is 6.28. The third-order valence-corrected chi connectivity index (χ3v) is 4.01. The standard InChI is InChI=1S/C14H18FNO2/c1-8-3-2-4-10(8)13(14(17)18)11-7-9(15)5-6-12(11)16/h5-8,10,13H,2-4,16H2,1H3,(H,17,18). The SMILES string of the molecule is CC1CCCC1C(C(=O)O)c1cc(F)ccc1N. The minimum atomic E-state index is -0.911. The van der Waals surface area contributed by atoms with Crippen LogP contribution in [-0.4, -0.2) is 11.1 Å². The minimum Gasteiger partial charge on any atom is -0.481 e. The van der Waals surface area contributed by atoms with Crippen LogP contribution in [0.4, 0.5) is 10.1 Å². The van der Waals surface area contributed by atoms with Gasteiger partial charge in [0.25, 0.3) is 0 Å². The van der Waals surface area contributed by atoms with Gasteiger partial charge in [0.2, 0.25) is 0 Å². The van der Waals surface area contributed by atoms with Crippen molar-refractivity contribution in [2.24, 2.45) is 11.8 Å². The van der Waals surface area contributed by atoms with Gasteiger partial charge >= 0.3 is 5.97 Å². The molecular weight excluding hydrogens is 233 g/mol. The van der Waals surface area contributed by atoms with Gasteiger partial charge in [0.15, 0.2) is 0 Å². The van der Waals surface area contributed by atoms with Crippen molar-refractivity contribution < 1.29 is 14.3 Å². The van der Waals surface area contributed by atoms with Crippen LogP contribution in [0.25, 0.3) is 0 Å². The van der Waals surface area contributed by atoms with E-state index in [-0.39, 0.29) is 5.92 Å². The lowest BCUT2D eigenvalue weighted by molar-refractivity contribution is -0.140. The molecule has 1 aromatic carbocycles. The Morgan fingerprint density at radius 3 is 2.78 bits per heavy atom. The molecule has 3 N–H and O–H groups in total. The lowest BCUT2D eigenvalue weighted by Gasteiger charge is -2.24. The Morgan fingerprint density at radius 2 is 2.22 bits per heavy atom. The number of nitrogen functional groups attached to an aromatic ring is 1. The first-order chi connectivity index (χ1) is 8.50. The lowest BCUT2D eigenvalue weighted by atomic mass is 9.80. The monoisotopic (exact) mass is 251 g/mol. The van der Waals surface area contributed by atoms with Crippen LogP contribution in [0.1, 0.15) is 37.7 Å². The molecule has 0 amide bonds. The van der Waals surface area contributed by atoms with E-state index < -0.39 is 17.7 Å². The molecule has 4 heteroatoms. The molecule has 0 aromatic heterocycles. The Kier molecular flexibility index (Phi) is 3.55. The number of aliphatic carboxylic acids is 1.